The third kappa shape index (κ3) is 8.88. The second-order valence-corrected chi connectivity index (χ2v) is 14.5. The molecule has 1 saturated carbocycles. The molecule has 3 heterocycles. The molecule has 2 amide bonds. The topological polar surface area (TPSA) is 90.4 Å². The summed E-state index contributed by atoms with van der Waals surface area (Å²) in [4.78, 5) is 42.7. The number of hydrogen-bond donors (Lipinski definition) is 1. The summed E-state index contributed by atoms with van der Waals surface area (Å²) in [7, 11) is 0. The number of aliphatic carboxylic acids is 1. The van der Waals surface area contributed by atoms with Gasteiger partial charge >= 0.3 is 18.2 Å². The normalized spacial score (nSPS) is 22.5. The number of piperidine rings is 2. The zero-order chi connectivity index (χ0) is 35.2. The van der Waals surface area contributed by atoms with Gasteiger partial charge in [-0.15, -0.1) is 0 Å². The number of carbonyl (C=O) groups excluding carboxylic acids is 2. The Morgan fingerprint density at radius 2 is 1.61 bits per heavy atom. The Balaban J connectivity index is 0.000000606. The van der Waals surface area contributed by atoms with E-state index < -0.39 is 12.1 Å². The Morgan fingerprint density at radius 1 is 0.959 bits per heavy atom. The summed E-state index contributed by atoms with van der Waals surface area (Å²) in [5, 5.41) is 9.31. The summed E-state index contributed by atoms with van der Waals surface area (Å²) in [6, 6.07) is 12.9. The minimum absolute atomic E-state index is 0.0580. The van der Waals surface area contributed by atoms with Crippen molar-refractivity contribution in [2.24, 2.45) is 11.8 Å². The Bertz CT molecular complexity index is 1440. The lowest BCUT2D eigenvalue weighted by Crippen LogP contribution is -2.61. The molecule has 1 aliphatic carbocycles. The van der Waals surface area contributed by atoms with E-state index in [4.69, 9.17) is 14.6 Å². The van der Waals surface area contributed by atoms with Gasteiger partial charge in [0.1, 0.15) is 5.60 Å². The number of amides is 2. The Hall–Kier alpha value is -3.34. The number of nitrogens with zero attached hydrogens (tertiary/aromatic N) is 3. The fourth-order valence-electron chi connectivity index (χ4n) is 8.50. The van der Waals surface area contributed by atoms with Crippen LogP contribution in [0.3, 0.4) is 0 Å². The Morgan fingerprint density at radius 3 is 2.24 bits per heavy atom. The molecule has 4 aliphatic rings. The highest BCUT2D eigenvalue weighted by molar-refractivity contribution is 6.08. The SMILES string of the molecule is CCCCC1CN(CC2CCCCC2)C(=O)OC12CCN(C1CCN(C(=O)c3c(C)ccc4ccccc34)CC1)CC2.O=C(O)C(F)(F)F. The van der Waals surface area contributed by atoms with Crippen LogP contribution >= 0.6 is 0 Å². The van der Waals surface area contributed by atoms with Crippen molar-refractivity contribution < 1.29 is 37.4 Å². The minimum Gasteiger partial charge on any atom is -0.475 e. The number of alkyl halides is 3. The molecule has 0 radical (unpaired) electrons. The van der Waals surface area contributed by atoms with E-state index in [0.717, 1.165) is 93.3 Å². The van der Waals surface area contributed by atoms with Gasteiger partial charge in [-0.25, -0.2) is 9.59 Å². The quantitative estimate of drug-likeness (QED) is 0.317. The molecule has 1 atom stereocenters. The summed E-state index contributed by atoms with van der Waals surface area (Å²) < 4.78 is 38.2. The van der Waals surface area contributed by atoms with Crippen molar-refractivity contribution in [2.75, 3.05) is 39.3 Å². The first kappa shape index (κ1) is 36.9. The fraction of sp³-hybridized carbons (Fsp3) is 0.658. The van der Waals surface area contributed by atoms with Crippen molar-refractivity contribution in [3.05, 3.63) is 47.5 Å². The molecule has 0 aromatic heterocycles. The van der Waals surface area contributed by atoms with Crippen LogP contribution in [0, 0.1) is 18.8 Å². The van der Waals surface area contributed by atoms with Crippen molar-refractivity contribution in [2.45, 2.75) is 109 Å². The van der Waals surface area contributed by atoms with Crippen LogP contribution in [-0.4, -0.2) is 94.9 Å². The molecule has 2 aromatic carbocycles. The van der Waals surface area contributed by atoms with Crippen LogP contribution in [0.15, 0.2) is 36.4 Å². The molecule has 8 nitrogen and oxygen atoms in total. The summed E-state index contributed by atoms with van der Waals surface area (Å²) in [5.41, 5.74) is 1.62. The standard InChI is InChI=1S/C36H51N3O3.C2HF3O2/c1-3-4-13-30-26-39(25-28-10-6-5-7-11-28)35(41)42-36(30)19-23-37(24-20-36)31-17-21-38(22-18-31)34(40)33-27(2)15-16-29-12-8-9-14-32(29)33;3-2(4,5)1(6)7/h8-9,12,14-16,28,30-31H,3-7,10-11,13,17-26H2,1-2H3;(H,6,7). The Labute approximate surface area is 287 Å². The lowest BCUT2D eigenvalue weighted by molar-refractivity contribution is -0.192. The van der Waals surface area contributed by atoms with Crippen LogP contribution in [0.25, 0.3) is 10.8 Å². The number of aryl methyl sites for hydroxylation is 1. The summed E-state index contributed by atoms with van der Waals surface area (Å²) >= 11 is 0. The number of likely N-dealkylation sites (tertiary alicyclic amines) is 2. The number of halogens is 3. The van der Waals surface area contributed by atoms with E-state index in [1.807, 2.05) is 12.1 Å². The van der Waals surface area contributed by atoms with Gasteiger partial charge in [-0.1, -0.05) is 75.4 Å². The maximum atomic E-state index is 13.7. The molecule has 11 heteroatoms. The molecule has 49 heavy (non-hydrogen) atoms. The van der Waals surface area contributed by atoms with E-state index >= 15 is 0 Å². The maximum Gasteiger partial charge on any atom is 0.490 e. The monoisotopic (exact) mass is 687 g/mol. The first-order valence-corrected chi connectivity index (χ1v) is 18.2. The third-order valence-electron chi connectivity index (χ3n) is 11.3. The molecule has 0 bridgehead atoms. The number of hydrogen-bond acceptors (Lipinski definition) is 5. The van der Waals surface area contributed by atoms with Crippen molar-refractivity contribution in [3.8, 4) is 0 Å². The van der Waals surface area contributed by atoms with Crippen LogP contribution in [0.2, 0.25) is 0 Å². The zero-order valence-corrected chi connectivity index (χ0v) is 29.0. The number of carboxylic acid groups (broad SMARTS) is 1. The number of unbranched alkanes of at least 4 members (excludes halogenated alkanes) is 1. The number of carbonyl (C=O) groups is 3. The van der Waals surface area contributed by atoms with E-state index in [0.29, 0.717) is 17.9 Å². The first-order valence-electron chi connectivity index (χ1n) is 18.2. The minimum atomic E-state index is -5.08. The van der Waals surface area contributed by atoms with Crippen molar-refractivity contribution in [1.82, 2.24) is 14.7 Å². The second kappa shape index (κ2) is 16.1. The molecule has 3 saturated heterocycles. The number of carboxylic acids is 1. The summed E-state index contributed by atoms with van der Waals surface area (Å²) in [6.07, 6.45) is 8.79. The van der Waals surface area contributed by atoms with Gasteiger partial charge < -0.3 is 19.6 Å². The molecular weight excluding hydrogens is 635 g/mol. The Kier molecular flexibility index (Phi) is 12.2. The van der Waals surface area contributed by atoms with Gasteiger partial charge in [0.05, 0.1) is 5.56 Å². The summed E-state index contributed by atoms with van der Waals surface area (Å²) in [5.74, 6) is -1.50. The van der Waals surface area contributed by atoms with E-state index in [1.54, 1.807) is 0 Å². The van der Waals surface area contributed by atoms with E-state index in [2.05, 4.69) is 52.8 Å². The lowest BCUT2D eigenvalue weighted by Gasteiger charge is -2.52. The molecule has 4 fully saturated rings. The number of ether oxygens (including phenoxy) is 1. The van der Waals surface area contributed by atoms with Gasteiger partial charge in [0.2, 0.25) is 0 Å². The van der Waals surface area contributed by atoms with Crippen LogP contribution < -0.4 is 0 Å². The van der Waals surface area contributed by atoms with Gasteiger partial charge in [-0.3, -0.25) is 9.69 Å². The predicted molar refractivity (Wildman–Crippen MR) is 182 cm³/mol. The predicted octanol–water partition coefficient (Wildman–Crippen LogP) is 8.06. The molecule has 6 rings (SSSR count). The number of fused-ring (bicyclic) bond motifs is 1. The molecule has 1 unspecified atom stereocenters. The largest absolute Gasteiger partial charge is 0.490 e. The molecule has 2 aromatic rings. The number of benzene rings is 2. The van der Waals surface area contributed by atoms with Crippen LogP contribution in [0.4, 0.5) is 18.0 Å². The van der Waals surface area contributed by atoms with Crippen LogP contribution in [0.1, 0.15) is 99.9 Å². The molecular formula is C38H52F3N3O5. The van der Waals surface area contributed by atoms with Crippen molar-refractivity contribution in [3.63, 3.8) is 0 Å². The molecule has 1 N–H and O–H groups in total. The zero-order valence-electron chi connectivity index (χ0n) is 29.0. The van der Waals surface area contributed by atoms with Gasteiger partial charge in [0.15, 0.2) is 0 Å². The highest BCUT2D eigenvalue weighted by Crippen LogP contribution is 2.42. The van der Waals surface area contributed by atoms with Crippen molar-refractivity contribution >= 4 is 28.7 Å². The second-order valence-electron chi connectivity index (χ2n) is 14.5. The average molecular weight is 688 g/mol. The van der Waals surface area contributed by atoms with E-state index in [9.17, 15) is 22.8 Å². The van der Waals surface area contributed by atoms with Crippen LogP contribution in [0.5, 0.6) is 0 Å². The van der Waals surface area contributed by atoms with Gasteiger partial charge in [0, 0.05) is 64.1 Å². The molecule has 3 aliphatic heterocycles. The number of rotatable bonds is 7. The lowest BCUT2D eigenvalue weighted by atomic mass is 9.75. The summed E-state index contributed by atoms with van der Waals surface area (Å²) in [6.45, 7) is 9.66. The van der Waals surface area contributed by atoms with Crippen LogP contribution in [-0.2, 0) is 9.53 Å². The van der Waals surface area contributed by atoms with E-state index in [1.165, 1.54) is 44.9 Å². The highest BCUT2D eigenvalue weighted by atomic mass is 19.4. The maximum absolute atomic E-state index is 13.7. The third-order valence-corrected chi connectivity index (χ3v) is 11.3. The van der Waals surface area contributed by atoms with E-state index in [-0.39, 0.29) is 17.6 Å². The molecule has 1 spiro atoms. The van der Waals surface area contributed by atoms with Crippen molar-refractivity contribution in [1.29, 1.82) is 0 Å². The highest BCUT2D eigenvalue weighted by Gasteiger charge is 2.50. The smallest absolute Gasteiger partial charge is 0.475 e. The van der Waals surface area contributed by atoms with Gasteiger partial charge in [-0.05, 0) is 61.3 Å². The van der Waals surface area contributed by atoms with Gasteiger partial charge in [0.25, 0.3) is 5.91 Å². The van der Waals surface area contributed by atoms with Gasteiger partial charge in [-0.2, -0.15) is 13.2 Å². The average Bonchev–Trinajstić information content (AvgIpc) is 3.09. The fourth-order valence-corrected chi connectivity index (χ4v) is 8.50. The molecule has 270 valence electrons. The first-order chi connectivity index (χ1) is 23.4.